The second kappa shape index (κ2) is 5.80. The second-order valence-corrected chi connectivity index (χ2v) is 3.63. The lowest BCUT2D eigenvalue weighted by molar-refractivity contribution is 0.869. The van der Waals surface area contributed by atoms with Gasteiger partial charge in [-0.05, 0) is 12.1 Å². The molecule has 0 saturated carbocycles. The molecule has 1 rings (SSSR count). The molecule has 0 heterocycles. The van der Waals surface area contributed by atoms with Gasteiger partial charge in [0.15, 0.2) is 5.96 Å². The van der Waals surface area contributed by atoms with Crippen molar-refractivity contribution in [1.29, 1.82) is 5.41 Å². The van der Waals surface area contributed by atoms with Crippen molar-refractivity contribution in [3.8, 4) is 0 Å². The zero-order valence-corrected chi connectivity index (χ0v) is 9.49. The zero-order chi connectivity index (χ0) is 11.3. The second-order valence-electron chi connectivity index (χ2n) is 2.81. The molecule has 0 radical (unpaired) electrons. The largest absolute Gasteiger partial charge is 0.355 e. The number of rotatable bonds is 3. The Morgan fingerprint density at radius 3 is 2.47 bits per heavy atom. The van der Waals surface area contributed by atoms with E-state index in [0.717, 1.165) is 0 Å². The Morgan fingerprint density at radius 1 is 1.33 bits per heavy atom. The summed E-state index contributed by atoms with van der Waals surface area (Å²) in [5.74, 6) is 0.121. The van der Waals surface area contributed by atoms with Crippen LogP contribution in [0.2, 0.25) is 10.0 Å². The van der Waals surface area contributed by atoms with E-state index in [9.17, 15) is 0 Å². The maximum atomic E-state index is 7.53. The minimum atomic E-state index is 0.121. The van der Waals surface area contributed by atoms with Crippen molar-refractivity contribution in [2.24, 2.45) is 5.73 Å². The van der Waals surface area contributed by atoms with Gasteiger partial charge in [-0.2, -0.15) is 0 Å². The molecule has 5 N–H and O–H groups in total. The van der Waals surface area contributed by atoms with Gasteiger partial charge in [-0.3, -0.25) is 5.41 Å². The van der Waals surface area contributed by atoms with Gasteiger partial charge in [0, 0.05) is 13.1 Å². The Bertz CT molecular complexity index is 334. The van der Waals surface area contributed by atoms with Crippen LogP contribution >= 0.6 is 23.2 Å². The Morgan fingerprint density at radius 2 is 1.93 bits per heavy atom. The van der Waals surface area contributed by atoms with Gasteiger partial charge in [0.1, 0.15) is 0 Å². The third-order valence-electron chi connectivity index (χ3n) is 1.66. The summed E-state index contributed by atoms with van der Waals surface area (Å²) in [6, 6.07) is 5.14. The summed E-state index contributed by atoms with van der Waals surface area (Å²) >= 11 is 11.8. The number of hydrogen-bond donors (Lipinski definition) is 4. The molecule has 0 unspecified atom stereocenters. The molecule has 1 aromatic rings. The van der Waals surface area contributed by atoms with Gasteiger partial charge >= 0.3 is 0 Å². The van der Waals surface area contributed by atoms with E-state index in [2.05, 4.69) is 10.6 Å². The van der Waals surface area contributed by atoms with Crippen LogP contribution in [-0.4, -0.2) is 19.0 Å². The fraction of sp³-hybridized carbons (Fsp3) is 0.222. The number of hydrogen-bond acceptors (Lipinski definition) is 2. The number of nitrogens with two attached hydrogens (primary N) is 1. The van der Waals surface area contributed by atoms with Crippen LogP contribution in [-0.2, 0) is 0 Å². The molecule has 0 aliphatic heterocycles. The van der Waals surface area contributed by atoms with E-state index in [1.807, 2.05) is 0 Å². The van der Waals surface area contributed by atoms with Crippen LogP contribution in [0, 0.1) is 5.41 Å². The van der Waals surface area contributed by atoms with Gasteiger partial charge in [0.05, 0.1) is 15.7 Å². The topological polar surface area (TPSA) is 73.9 Å². The first kappa shape index (κ1) is 12.1. The highest BCUT2D eigenvalue weighted by atomic mass is 35.5. The fourth-order valence-electron chi connectivity index (χ4n) is 0.984. The highest BCUT2D eigenvalue weighted by Gasteiger charge is 2.06. The average molecular weight is 247 g/mol. The molecule has 0 aliphatic carbocycles. The summed E-state index contributed by atoms with van der Waals surface area (Å²) in [7, 11) is 0. The molecule has 1 aromatic carbocycles. The lowest BCUT2D eigenvalue weighted by Crippen LogP contribution is -2.33. The molecule has 4 nitrogen and oxygen atoms in total. The van der Waals surface area contributed by atoms with Crippen molar-refractivity contribution in [2.75, 3.05) is 18.4 Å². The number of para-hydroxylation sites is 1. The van der Waals surface area contributed by atoms with E-state index in [-0.39, 0.29) is 5.96 Å². The van der Waals surface area contributed by atoms with Gasteiger partial charge in [0.25, 0.3) is 0 Å². The number of halogens is 2. The maximum absolute atomic E-state index is 7.53. The van der Waals surface area contributed by atoms with Crippen LogP contribution in [0.5, 0.6) is 0 Å². The molecule has 15 heavy (non-hydrogen) atoms. The summed E-state index contributed by atoms with van der Waals surface area (Å²) in [5, 5.41) is 14.0. The van der Waals surface area contributed by atoms with Crippen molar-refractivity contribution in [3.63, 3.8) is 0 Å². The highest BCUT2D eigenvalue weighted by molar-refractivity contribution is 6.39. The van der Waals surface area contributed by atoms with E-state index in [1.165, 1.54) is 0 Å². The number of anilines is 1. The van der Waals surface area contributed by atoms with Crippen molar-refractivity contribution >= 4 is 34.8 Å². The standard InChI is InChI=1S/C9H12Cl2N4/c10-6-2-1-3-7(11)8(6)15-9(13)14-5-4-12/h1-3H,4-5,12H2,(H3,13,14,15). The summed E-state index contributed by atoms with van der Waals surface area (Å²) in [6.45, 7) is 0.980. The molecule has 0 bridgehead atoms. The lowest BCUT2D eigenvalue weighted by Gasteiger charge is -2.12. The maximum Gasteiger partial charge on any atom is 0.193 e. The number of guanidine groups is 1. The smallest absolute Gasteiger partial charge is 0.193 e. The van der Waals surface area contributed by atoms with Crippen LogP contribution in [0.3, 0.4) is 0 Å². The molecule has 0 aliphatic rings. The summed E-state index contributed by atoms with van der Waals surface area (Å²) in [4.78, 5) is 0. The Labute approximate surface area is 98.3 Å². The van der Waals surface area contributed by atoms with Crippen molar-refractivity contribution in [3.05, 3.63) is 28.2 Å². The Kier molecular flexibility index (Phi) is 4.68. The highest BCUT2D eigenvalue weighted by Crippen LogP contribution is 2.29. The van der Waals surface area contributed by atoms with Crippen LogP contribution < -0.4 is 16.4 Å². The minimum absolute atomic E-state index is 0.121. The third kappa shape index (κ3) is 3.58. The van der Waals surface area contributed by atoms with E-state index >= 15 is 0 Å². The van der Waals surface area contributed by atoms with Crippen LogP contribution in [0.1, 0.15) is 0 Å². The Hall–Kier alpha value is -0.970. The minimum Gasteiger partial charge on any atom is -0.355 e. The number of benzene rings is 1. The molecule has 0 amide bonds. The quantitative estimate of drug-likeness (QED) is 0.486. The van der Waals surface area contributed by atoms with E-state index in [0.29, 0.717) is 28.8 Å². The first-order chi connectivity index (χ1) is 7.15. The van der Waals surface area contributed by atoms with Gasteiger partial charge in [-0.25, -0.2) is 0 Å². The normalized spacial score (nSPS) is 9.80. The van der Waals surface area contributed by atoms with Crippen LogP contribution in [0.4, 0.5) is 5.69 Å². The summed E-state index contributed by atoms with van der Waals surface area (Å²) in [6.07, 6.45) is 0. The zero-order valence-electron chi connectivity index (χ0n) is 7.98. The molecular formula is C9H12Cl2N4. The monoisotopic (exact) mass is 246 g/mol. The van der Waals surface area contributed by atoms with Gasteiger partial charge in [-0.1, -0.05) is 29.3 Å². The van der Waals surface area contributed by atoms with Crippen LogP contribution in [0.25, 0.3) is 0 Å². The molecule has 0 fully saturated rings. The first-order valence-electron chi connectivity index (χ1n) is 4.38. The van der Waals surface area contributed by atoms with E-state index in [1.54, 1.807) is 18.2 Å². The van der Waals surface area contributed by atoms with Gasteiger partial charge in [0.2, 0.25) is 0 Å². The predicted molar refractivity (Wildman–Crippen MR) is 64.9 cm³/mol. The summed E-state index contributed by atoms with van der Waals surface area (Å²) < 4.78 is 0. The lowest BCUT2D eigenvalue weighted by atomic mass is 10.3. The fourth-order valence-corrected chi connectivity index (χ4v) is 1.48. The number of nitrogens with one attached hydrogen (secondary N) is 3. The van der Waals surface area contributed by atoms with E-state index < -0.39 is 0 Å². The molecule has 0 saturated heterocycles. The molecular weight excluding hydrogens is 235 g/mol. The SMILES string of the molecule is N=C(NCCN)Nc1c(Cl)cccc1Cl. The average Bonchev–Trinajstić information content (AvgIpc) is 2.21. The Balaban J connectivity index is 2.68. The molecule has 0 spiro atoms. The van der Waals surface area contributed by atoms with Crippen molar-refractivity contribution in [2.45, 2.75) is 0 Å². The van der Waals surface area contributed by atoms with Gasteiger partial charge in [-0.15, -0.1) is 0 Å². The molecule has 0 aromatic heterocycles. The third-order valence-corrected chi connectivity index (χ3v) is 2.29. The first-order valence-corrected chi connectivity index (χ1v) is 5.14. The molecule has 0 atom stereocenters. The summed E-state index contributed by atoms with van der Waals surface area (Å²) in [5.41, 5.74) is 5.81. The molecule has 6 heteroatoms. The van der Waals surface area contributed by atoms with Crippen LogP contribution in [0.15, 0.2) is 18.2 Å². The molecule has 82 valence electrons. The predicted octanol–water partition coefficient (Wildman–Crippen LogP) is 1.89. The van der Waals surface area contributed by atoms with Crippen molar-refractivity contribution < 1.29 is 0 Å². The van der Waals surface area contributed by atoms with E-state index in [4.69, 9.17) is 34.3 Å². The van der Waals surface area contributed by atoms with Gasteiger partial charge < -0.3 is 16.4 Å². The van der Waals surface area contributed by atoms with Crippen molar-refractivity contribution in [1.82, 2.24) is 5.32 Å².